The highest BCUT2D eigenvalue weighted by Crippen LogP contribution is 2.39. The molecule has 21 heavy (non-hydrogen) atoms. The van der Waals surface area contributed by atoms with Crippen molar-refractivity contribution in [3.8, 4) is 0 Å². The Morgan fingerprint density at radius 1 is 1.00 bits per heavy atom. The molecule has 0 spiro atoms. The lowest BCUT2D eigenvalue weighted by molar-refractivity contribution is -0.922. The average Bonchev–Trinajstić information content (AvgIpc) is 2.48. The van der Waals surface area contributed by atoms with E-state index in [1.165, 1.54) is 0 Å². The molecular weight excluding hydrogens is 327 g/mol. The van der Waals surface area contributed by atoms with Crippen LogP contribution in [-0.2, 0) is 0 Å². The summed E-state index contributed by atoms with van der Waals surface area (Å²) in [7, 11) is 0. The highest BCUT2D eigenvalue weighted by Gasteiger charge is 2.34. The summed E-state index contributed by atoms with van der Waals surface area (Å²) < 4.78 is -0.282. The molecule has 1 rings (SSSR count). The second-order valence-electron chi connectivity index (χ2n) is 5.35. The van der Waals surface area contributed by atoms with E-state index in [-0.39, 0.29) is 6.04 Å². The van der Waals surface area contributed by atoms with E-state index in [0.717, 1.165) is 42.8 Å². The molecule has 0 radical (unpaired) electrons. The monoisotopic (exact) mass is 351 g/mol. The van der Waals surface area contributed by atoms with Gasteiger partial charge in [0.2, 0.25) is 3.79 Å². The van der Waals surface area contributed by atoms with E-state index < -0.39 is 3.79 Å². The fourth-order valence-corrected chi connectivity index (χ4v) is 3.27. The Kier molecular flexibility index (Phi) is 7.80. The van der Waals surface area contributed by atoms with Crippen LogP contribution in [0, 0.1) is 0 Å². The topological polar surface area (TPSA) is 12.0 Å². The molecule has 0 saturated carbocycles. The number of likely N-dealkylation sites (N-methyl/N-ethyl adjacent to an activating group) is 1. The van der Waals surface area contributed by atoms with Gasteiger partial charge in [0, 0.05) is 6.54 Å². The molecule has 0 aliphatic rings. The zero-order valence-electron chi connectivity index (χ0n) is 13.1. The first-order chi connectivity index (χ1) is 9.88. The fraction of sp³-hybridized carbons (Fsp3) is 0.625. The Morgan fingerprint density at radius 2 is 1.52 bits per heavy atom. The Morgan fingerprint density at radius 3 is 1.95 bits per heavy atom. The molecule has 0 aromatic heterocycles. The van der Waals surface area contributed by atoms with Crippen molar-refractivity contribution in [2.24, 2.45) is 0 Å². The van der Waals surface area contributed by atoms with Crippen LogP contribution < -0.4 is 5.32 Å². The van der Waals surface area contributed by atoms with Crippen LogP contribution in [0.5, 0.6) is 0 Å². The van der Waals surface area contributed by atoms with Crippen molar-refractivity contribution in [1.29, 1.82) is 0 Å². The molecule has 0 saturated heterocycles. The Hall–Kier alpha value is 0.01000. The largest absolute Gasteiger partial charge is 0.323 e. The summed E-state index contributed by atoms with van der Waals surface area (Å²) in [5.74, 6) is 0. The van der Waals surface area contributed by atoms with Gasteiger partial charge in [-0.25, -0.2) is 0 Å². The lowest BCUT2D eigenvalue weighted by Crippen LogP contribution is -2.51. The van der Waals surface area contributed by atoms with Gasteiger partial charge in [-0.05, 0) is 26.3 Å². The summed E-state index contributed by atoms with van der Waals surface area (Å²) in [4.78, 5) is 0. The number of benzene rings is 1. The van der Waals surface area contributed by atoms with Crippen molar-refractivity contribution < 1.29 is 4.48 Å². The molecule has 2 nitrogen and oxygen atoms in total. The number of rotatable bonds is 8. The Labute approximate surface area is 144 Å². The quantitative estimate of drug-likeness (QED) is 0.534. The van der Waals surface area contributed by atoms with Gasteiger partial charge < -0.3 is 9.80 Å². The Bertz CT molecular complexity index is 391. The van der Waals surface area contributed by atoms with E-state index in [0.29, 0.717) is 0 Å². The number of nitrogens with zero attached hydrogens (tertiary/aromatic N) is 1. The van der Waals surface area contributed by atoms with Gasteiger partial charge >= 0.3 is 0 Å². The average molecular weight is 353 g/mol. The summed E-state index contributed by atoms with van der Waals surface area (Å²) in [6.45, 7) is 11.9. The van der Waals surface area contributed by atoms with E-state index >= 15 is 0 Å². The number of hydrogen-bond acceptors (Lipinski definition) is 1. The van der Waals surface area contributed by atoms with Crippen LogP contribution in [0.25, 0.3) is 0 Å². The normalized spacial score (nSPS) is 14.2. The maximum Gasteiger partial charge on any atom is 0.209 e. The van der Waals surface area contributed by atoms with Crippen LogP contribution in [0.3, 0.4) is 0 Å². The smallest absolute Gasteiger partial charge is 0.209 e. The number of hydrogen-bond donors (Lipinski definition) is 1. The predicted molar refractivity (Wildman–Crippen MR) is 94.2 cm³/mol. The molecule has 0 aliphatic heterocycles. The number of quaternary nitrogens is 1. The van der Waals surface area contributed by atoms with Crippen molar-refractivity contribution in [3.05, 3.63) is 35.9 Å². The lowest BCUT2D eigenvalue weighted by atomic mass is 10.1. The third-order valence-corrected chi connectivity index (χ3v) is 5.06. The summed E-state index contributed by atoms with van der Waals surface area (Å²) in [6, 6.07) is 9.57. The van der Waals surface area contributed by atoms with Crippen LogP contribution in [0.1, 0.15) is 32.4 Å². The van der Waals surface area contributed by atoms with E-state index in [4.69, 9.17) is 34.8 Å². The molecule has 0 amide bonds. The molecule has 1 aromatic carbocycles. The van der Waals surface area contributed by atoms with Crippen molar-refractivity contribution in [3.63, 3.8) is 0 Å². The fourth-order valence-electron chi connectivity index (χ4n) is 2.66. The third kappa shape index (κ3) is 5.61. The number of alkyl halides is 3. The molecule has 0 aliphatic carbocycles. The SMILES string of the molecule is CC[N+](CC)(CC)CCNC(c1ccccc1)C(Cl)(Cl)Cl. The molecule has 5 heteroatoms. The number of halogens is 3. The minimum absolute atomic E-state index is 0.295. The van der Waals surface area contributed by atoms with Crippen LogP contribution in [-0.4, -0.2) is 41.0 Å². The van der Waals surface area contributed by atoms with Gasteiger partial charge in [0.1, 0.15) is 0 Å². The summed E-state index contributed by atoms with van der Waals surface area (Å²) in [5, 5.41) is 3.42. The first kappa shape index (κ1) is 19.1. The summed E-state index contributed by atoms with van der Waals surface area (Å²) in [5.41, 5.74) is 1.00. The first-order valence-corrected chi connectivity index (χ1v) is 8.72. The van der Waals surface area contributed by atoms with Crippen LogP contribution >= 0.6 is 34.8 Å². The van der Waals surface area contributed by atoms with E-state index in [2.05, 4.69) is 26.1 Å². The lowest BCUT2D eigenvalue weighted by Gasteiger charge is -2.37. The second kappa shape index (κ2) is 8.59. The minimum Gasteiger partial charge on any atom is -0.323 e. The molecule has 1 aromatic rings. The zero-order valence-corrected chi connectivity index (χ0v) is 15.3. The third-order valence-electron chi connectivity index (χ3n) is 4.41. The molecule has 1 unspecified atom stereocenters. The van der Waals surface area contributed by atoms with E-state index in [1.807, 2.05) is 30.3 Å². The van der Waals surface area contributed by atoms with Gasteiger partial charge in [-0.3, -0.25) is 0 Å². The minimum atomic E-state index is -1.36. The second-order valence-corrected chi connectivity index (χ2v) is 7.72. The van der Waals surface area contributed by atoms with Crippen molar-refractivity contribution in [1.82, 2.24) is 5.32 Å². The van der Waals surface area contributed by atoms with Crippen molar-refractivity contribution in [2.45, 2.75) is 30.6 Å². The highest BCUT2D eigenvalue weighted by atomic mass is 35.6. The van der Waals surface area contributed by atoms with Gasteiger partial charge in [0.05, 0.1) is 32.2 Å². The molecule has 1 atom stereocenters. The first-order valence-electron chi connectivity index (χ1n) is 7.58. The Balaban J connectivity index is 2.72. The van der Waals surface area contributed by atoms with E-state index in [9.17, 15) is 0 Å². The molecular formula is C16H26Cl3N2+. The van der Waals surface area contributed by atoms with Crippen molar-refractivity contribution >= 4 is 34.8 Å². The standard InChI is InChI=1S/C16H26Cl3N2/c1-4-21(5-2,6-3)13-12-20-15(16(17,18)19)14-10-8-7-9-11-14/h7-11,15,20H,4-6,12-13H2,1-3H3/q+1. The predicted octanol–water partition coefficient (Wildman–Crippen LogP) is 4.56. The summed E-state index contributed by atoms with van der Waals surface area (Å²) in [6.07, 6.45) is 0. The van der Waals surface area contributed by atoms with E-state index in [1.54, 1.807) is 0 Å². The zero-order chi connectivity index (χ0) is 15.9. The van der Waals surface area contributed by atoms with Gasteiger partial charge in [0.25, 0.3) is 0 Å². The van der Waals surface area contributed by atoms with Gasteiger partial charge in [0.15, 0.2) is 0 Å². The van der Waals surface area contributed by atoms with Crippen molar-refractivity contribution in [2.75, 3.05) is 32.7 Å². The highest BCUT2D eigenvalue weighted by molar-refractivity contribution is 6.68. The molecule has 0 heterocycles. The van der Waals surface area contributed by atoms with Crippen LogP contribution in [0.2, 0.25) is 0 Å². The summed E-state index contributed by atoms with van der Waals surface area (Å²) >= 11 is 18.4. The molecule has 0 fully saturated rings. The molecule has 120 valence electrons. The van der Waals surface area contributed by atoms with Crippen LogP contribution in [0.4, 0.5) is 0 Å². The van der Waals surface area contributed by atoms with Gasteiger partial charge in [-0.2, -0.15) is 0 Å². The molecule has 0 bridgehead atoms. The molecule has 1 N–H and O–H groups in total. The van der Waals surface area contributed by atoms with Gasteiger partial charge in [-0.15, -0.1) is 0 Å². The number of nitrogens with one attached hydrogen (secondary N) is 1. The maximum absolute atomic E-state index is 6.15. The van der Waals surface area contributed by atoms with Crippen LogP contribution in [0.15, 0.2) is 30.3 Å². The maximum atomic E-state index is 6.15. The van der Waals surface area contributed by atoms with Gasteiger partial charge in [-0.1, -0.05) is 65.1 Å².